The second kappa shape index (κ2) is 8.42. The van der Waals surface area contributed by atoms with Gasteiger partial charge in [0.2, 0.25) is 5.91 Å². The highest BCUT2D eigenvalue weighted by Crippen LogP contribution is 2.37. The third-order valence-electron chi connectivity index (χ3n) is 5.62. The zero-order valence-electron chi connectivity index (χ0n) is 15.9. The van der Waals surface area contributed by atoms with Gasteiger partial charge in [0.1, 0.15) is 12.6 Å². The van der Waals surface area contributed by atoms with Crippen molar-refractivity contribution in [3.05, 3.63) is 83.4 Å². The minimum Gasteiger partial charge on any atom is -0.446 e. The Balaban J connectivity index is 1.72. The fourth-order valence-corrected chi connectivity index (χ4v) is 4.19. The Morgan fingerprint density at radius 3 is 2.43 bits per heavy atom. The van der Waals surface area contributed by atoms with Crippen LogP contribution in [0.2, 0.25) is 0 Å². The maximum absolute atomic E-state index is 13.7. The van der Waals surface area contributed by atoms with Crippen LogP contribution in [-0.4, -0.2) is 23.5 Å². The molecule has 0 saturated carbocycles. The molecular formula is C24H25NO3. The van der Waals surface area contributed by atoms with E-state index in [2.05, 4.69) is 6.08 Å². The summed E-state index contributed by atoms with van der Waals surface area (Å²) in [6.07, 6.45) is 6.94. The van der Waals surface area contributed by atoms with E-state index in [1.165, 1.54) is 11.3 Å². The standard InChI is InChI=1S/C24H25NO3/c26-23(25-21(17-28-24(25)27)18-11-7-3-8-12-18)22(20-15-9-4-10-16-20)19-13-5-1-2-6-14-19/h3-4,7-13,15-16,21-22H,1-2,5-6,14,17H2/t21-,22?/m0/s1. The molecule has 0 aromatic heterocycles. The predicted octanol–water partition coefficient (Wildman–Crippen LogP) is 5.38. The highest BCUT2D eigenvalue weighted by molar-refractivity contribution is 5.99. The number of ether oxygens (including phenoxy) is 1. The first-order valence-electron chi connectivity index (χ1n) is 10.0. The van der Waals surface area contributed by atoms with Crippen LogP contribution in [0.15, 0.2) is 72.3 Å². The number of allylic oxidation sites excluding steroid dienone is 1. The molecule has 28 heavy (non-hydrogen) atoms. The molecule has 1 saturated heterocycles. The maximum atomic E-state index is 13.7. The van der Waals surface area contributed by atoms with Crippen LogP contribution in [0.1, 0.15) is 55.2 Å². The quantitative estimate of drug-likeness (QED) is 0.674. The lowest BCUT2D eigenvalue weighted by Gasteiger charge is -2.27. The van der Waals surface area contributed by atoms with Crippen molar-refractivity contribution in [2.45, 2.75) is 44.1 Å². The van der Waals surface area contributed by atoms with Crippen molar-refractivity contribution in [2.75, 3.05) is 6.61 Å². The van der Waals surface area contributed by atoms with Crippen molar-refractivity contribution in [3.63, 3.8) is 0 Å². The molecule has 0 bridgehead atoms. The molecule has 2 atom stereocenters. The molecule has 2 aromatic carbocycles. The van der Waals surface area contributed by atoms with Gasteiger partial charge in [0.05, 0.1) is 5.92 Å². The highest BCUT2D eigenvalue weighted by atomic mass is 16.6. The van der Waals surface area contributed by atoms with E-state index in [-0.39, 0.29) is 18.6 Å². The van der Waals surface area contributed by atoms with Crippen LogP contribution in [0.4, 0.5) is 4.79 Å². The van der Waals surface area contributed by atoms with Crippen LogP contribution in [0.3, 0.4) is 0 Å². The van der Waals surface area contributed by atoms with Crippen LogP contribution in [-0.2, 0) is 9.53 Å². The first kappa shape index (κ1) is 18.5. The van der Waals surface area contributed by atoms with E-state index in [9.17, 15) is 9.59 Å². The number of hydrogen-bond donors (Lipinski definition) is 0. The van der Waals surface area contributed by atoms with Gasteiger partial charge < -0.3 is 4.74 Å². The summed E-state index contributed by atoms with van der Waals surface area (Å²) in [5, 5.41) is 0. The van der Waals surface area contributed by atoms with E-state index in [1.54, 1.807) is 0 Å². The van der Waals surface area contributed by atoms with Crippen LogP contribution in [0.25, 0.3) is 0 Å². The van der Waals surface area contributed by atoms with Crippen molar-refractivity contribution in [1.29, 1.82) is 0 Å². The molecule has 2 aliphatic rings. The topological polar surface area (TPSA) is 46.6 Å². The van der Waals surface area contributed by atoms with Crippen molar-refractivity contribution < 1.29 is 14.3 Å². The van der Waals surface area contributed by atoms with Gasteiger partial charge in [-0.3, -0.25) is 4.79 Å². The van der Waals surface area contributed by atoms with Gasteiger partial charge in [-0.15, -0.1) is 0 Å². The molecule has 4 nitrogen and oxygen atoms in total. The Labute approximate surface area is 165 Å². The van der Waals surface area contributed by atoms with Gasteiger partial charge in [0.15, 0.2) is 0 Å². The second-order valence-corrected chi connectivity index (χ2v) is 7.43. The van der Waals surface area contributed by atoms with Gasteiger partial charge >= 0.3 is 6.09 Å². The number of cyclic esters (lactones) is 1. The summed E-state index contributed by atoms with van der Waals surface area (Å²) in [7, 11) is 0. The molecule has 0 N–H and O–H groups in total. The highest BCUT2D eigenvalue weighted by Gasteiger charge is 2.42. The number of rotatable bonds is 4. The molecule has 2 aromatic rings. The van der Waals surface area contributed by atoms with E-state index in [0.717, 1.165) is 42.4 Å². The lowest BCUT2D eigenvalue weighted by molar-refractivity contribution is -0.130. The van der Waals surface area contributed by atoms with Gasteiger partial charge in [-0.25, -0.2) is 9.69 Å². The van der Waals surface area contributed by atoms with Gasteiger partial charge in [0, 0.05) is 0 Å². The van der Waals surface area contributed by atoms with Crippen LogP contribution in [0, 0.1) is 0 Å². The Morgan fingerprint density at radius 1 is 0.964 bits per heavy atom. The SMILES string of the molecule is O=C1OC[C@@H](c2ccccc2)N1C(=O)C(C1=CCCCCC1)c1ccccc1. The Morgan fingerprint density at radius 2 is 1.68 bits per heavy atom. The molecule has 4 heteroatoms. The Bertz CT molecular complexity index is 860. The number of carbonyl (C=O) groups excluding carboxylic acids is 2. The summed E-state index contributed by atoms with van der Waals surface area (Å²) in [6, 6.07) is 19.1. The second-order valence-electron chi connectivity index (χ2n) is 7.43. The van der Waals surface area contributed by atoms with E-state index >= 15 is 0 Å². The molecule has 1 heterocycles. The smallest absolute Gasteiger partial charge is 0.417 e. The molecular weight excluding hydrogens is 350 g/mol. The summed E-state index contributed by atoms with van der Waals surface area (Å²) < 4.78 is 5.30. The molecule has 1 unspecified atom stereocenters. The van der Waals surface area contributed by atoms with Crippen LogP contribution in [0.5, 0.6) is 0 Å². The van der Waals surface area contributed by atoms with Gasteiger partial charge in [0.25, 0.3) is 0 Å². The minimum absolute atomic E-state index is 0.185. The fourth-order valence-electron chi connectivity index (χ4n) is 4.19. The maximum Gasteiger partial charge on any atom is 0.417 e. The molecule has 0 radical (unpaired) electrons. The largest absolute Gasteiger partial charge is 0.446 e. The normalized spacial score (nSPS) is 20.9. The van der Waals surface area contributed by atoms with Crippen molar-refractivity contribution in [2.24, 2.45) is 0 Å². The van der Waals surface area contributed by atoms with Crippen LogP contribution >= 0.6 is 0 Å². The number of amides is 2. The van der Waals surface area contributed by atoms with Gasteiger partial charge in [-0.2, -0.15) is 0 Å². The first-order chi connectivity index (χ1) is 13.8. The van der Waals surface area contributed by atoms with Gasteiger partial charge in [-0.05, 0) is 36.8 Å². The first-order valence-corrected chi connectivity index (χ1v) is 10.0. The molecule has 1 aliphatic heterocycles. The molecule has 0 spiro atoms. The monoisotopic (exact) mass is 375 g/mol. The Kier molecular flexibility index (Phi) is 5.56. The van der Waals surface area contributed by atoms with Crippen molar-refractivity contribution in [3.8, 4) is 0 Å². The van der Waals surface area contributed by atoms with E-state index in [1.807, 2.05) is 60.7 Å². The van der Waals surface area contributed by atoms with E-state index in [0.29, 0.717) is 0 Å². The zero-order valence-corrected chi connectivity index (χ0v) is 15.9. The van der Waals surface area contributed by atoms with Crippen molar-refractivity contribution >= 4 is 12.0 Å². The predicted molar refractivity (Wildman–Crippen MR) is 108 cm³/mol. The molecule has 1 fully saturated rings. The van der Waals surface area contributed by atoms with E-state index < -0.39 is 12.0 Å². The zero-order chi connectivity index (χ0) is 19.3. The summed E-state index contributed by atoms with van der Waals surface area (Å²) in [5.41, 5.74) is 2.98. The number of benzene rings is 2. The summed E-state index contributed by atoms with van der Waals surface area (Å²) >= 11 is 0. The molecule has 1 aliphatic carbocycles. The number of nitrogens with zero attached hydrogens (tertiary/aromatic N) is 1. The number of imide groups is 1. The summed E-state index contributed by atoms with van der Waals surface area (Å²) in [6.45, 7) is 0.204. The fraction of sp³-hybridized carbons (Fsp3) is 0.333. The third-order valence-corrected chi connectivity index (χ3v) is 5.62. The van der Waals surface area contributed by atoms with E-state index in [4.69, 9.17) is 4.74 Å². The molecule has 2 amide bonds. The molecule has 4 rings (SSSR count). The minimum atomic E-state index is -0.547. The average molecular weight is 375 g/mol. The van der Waals surface area contributed by atoms with Gasteiger partial charge in [-0.1, -0.05) is 78.7 Å². The van der Waals surface area contributed by atoms with Crippen molar-refractivity contribution in [1.82, 2.24) is 4.90 Å². The summed E-state index contributed by atoms with van der Waals surface area (Å²) in [5.74, 6) is -0.619. The number of carbonyl (C=O) groups is 2. The lowest BCUT2D eigenvalue weighted by atomic mass is 9.86. The summed E-state index contributed by atoms with van der Waals surface area (Å²) in [4.78, 5) is 27.6. The lowest BCUT2D eigenvalue weighted by Crippen LogP contribution is -2.38. The molecule has 144 valence electrons. The third kappa shape index (κ3) is 3.72. The van der Waals surface area contributed by atoms with Crippen LogP contribution < -0.4 is 0 Å². The average Bonchev–Trinajstić information content (AvgIpc) is 2.94. The number of hydrogen-bond acceptors (Lipinski definition) is 3. The Hall–Kier alpha value is -2.88.